The van der Waals surface area contributed by atoms with Crippen LogP contribution in [0.25, 0.3) is 0 Å². The Morgan fingerprint density at radius 1 is 1.00 bits per heavy atom. The molecule has 1 fully saturated rings. The van der Waals surface area contributed by atoms with Gasteiger partial charge in [-0.2, -0.15) is 0 Å². The predicted octanol–water partition coefficient (Wildman–Crippen LogP) is 3.28. The molecule has 0 radical (unpaired) electrons. The van der Waals surface area contributed by atoms with Crippen LogP contribution in [0.5, 0.6) is 0 Å². The van der Waals surface area contributed by atoms with Crippen LogP contribution in [-0.2, 0) is 0 Å². The molecule has 0 aromatic rings. The number of hydrogen-bond acceptors (Lipinski definition) is 1. The van der Waals surface area contributed by atoms with Crippen molar-refractivity contribution in [2.24, 2.45) is 5.92 Å². The summed E-state index contributed by atoms with van der Waals surface area (Å²) in [7, 11) is 0. The van der Waals surface area contributed by atoms with E-state index >= 15 is 0 Å². The first-order valence-corrected chi connectivity index (χ1v) is 5.82. The molecule has 0 spiro atoms. The van der Waals surface area contributed by atoms with Gasteiger partial charge in [0.25, 0.3) is 5.92 Å². The maximum absolute atomic E-state index is 12.9. The molecule has 0 aliphatic heterocycles. The fourth-order valence-corrected chi connectivity index (χ4v) is 2.74. The third-order valence-electron chi connectivity index (χ3n) is 3.79. The summed E-state index contributed by atoms with van der Waals surface area (Å²) in [6.07, 6.45) is 7.66. The van der Waals surface area contributed by atoms with E-state index in [-0.39, 0.29) is 18.8 Å². The number of alkyl halides is 2. The zero-order chi connectivity index (χ0) is 10.9. The van der Waals surface area contributed by atoms with Crippen LogP contribution in [0.15, 0.2) is 12.2 Å². The highest BCUT2D eigenvalue weighted by Gasteiger charge is 2.42. The number of halogens is 2. The van der Waals surface area contributed by atoms with E-state index in [0.717, 1.165) is 31.8 Å². The van der Waals surface area contributed by atoms with Gasteiger partial charge in [-0.1, -0.05) is 25.3 Å². The Balaban J connectivity index is 2.07. The van der Waals surface area contributed by atoms with Gasteiger partial charge in [0.05, 0.1) is 5.60 Å². The van der Waals surface area contributed by atoms with E-state index < -0.39 is 11.5 Å². The first-order valence-electron chi connectivity index (χ1n) is 5.82. The van der Waals surface area contributed by atoms with Gasteiger partial charge in [0.15, 0.2) is 0 Å². The van der Waals surface area contributed by atoms with Crippen LogP contribution in [0, 0.1) is 5.92 Å². The Labute approximate surface area is 89.2 Å². The summed E-state index contributed by atoms with van der Waals surface area (Å²) in [4.78, 5) is 0. The number of hydrogen-bond donors (Lipinski definition) is 1. The molecule has 1 N–H and O–H groups in total. The minimum atomic E-state index is -2.71. The Morgan fingerprint density at radius 3 is 2.20 bits per heavy atom. The molecule has 2 rings (SSSR count). The van der Waals surface area contributed by atoms with Gasteiger partial charge in [0.1, 0.15) is 0 Å². The molecule has 0 bridgehead atoms. The quantitative estimate of drug-likeness (QED) is 0.667. The summed E-state index contributed by atoms with van der Waals surface area (Å²) in [5, 5.41) is 10.3. The Bertz CT molecular complexity index is 256. The number of aliphatic hydroxyl groups is 1. The second kappa shape index (κ2) is 3.85. The first-order chi connectivity index (χ1) is 7.02. The lowest BCUT2D eigenvalue weighted by Crippen LogP contribution is -2.41. The third kappa shape index (κ3) is 2.39. The molecular weight excluding hydrogens is 198 g/mol. The van der Waals surface area contributed by atoms with Crippen molar-refractivity contribution in [3.63, 3.8) is 0 Å². The molecule has 1 unspecified atom stereocenters. The highest BCUT2D eigenvalue weighted by atomic mass is 19.3. The second-order valence-electron chi connectivity index (χ2n) is 4.92. The average Bonchev–Trinajstić information content (AvgIpc) is 2.24. The lowest BCUT2D eigenvalue weighted by molar-refractivity contribution is -0.0466. The molecule has 1 saturated carbocycles. The first kappa shape index (κ1) is 11.1. The maximum atomic E-state index is 12.9. The lowest BCUT2D eigenvalue weighted by Gasteiger charge is -2.39. The molecule has 2 aliphatic carbocycles. The van der Waals surface area contributed by atoms with E-state index in [2.05, 4.69) is 0 Å². The summed E-state index contributed by atoms with van der Waals surface area (Å²) in [6, 6.07) is 0. The lowest BCUT2D eigenvalue weighted by atomic mass is 9.72. The van der Waals surface area contributed by atoms with Crippen LogP contribution in [0.1, 0.15) is 44.9 Å². The summed E-state index contributed by atoms with van der Waals surface area (Å²) < 4.78 is 25.8. The molecule has 3 heteroatoms. The molecule has 2 aliphatic rings. The SMILES string of the molecule is OC1(C2CCCCC2)C=CC(F)(F)CC1. The monoisotopic (exact) mass is 216 g/mol. The van der Waals surface area contributed by atoms with Crippen LogP contribution in [0.2, 0.25) is 0 Å². The van der Waals surface area contributed by atoms with Gasteiger partial charge in [-0.3, -0.25) is 0 Å². The molecule has 0 amide bonds. The van der Waals surface area contributed by atoms with Crippen LogP contribution < -0.4 is 0 Å². The second-order valence-corrected chi connectivity index (χ2v) is 4.92. The summed E-state index contributed by atoms with van der Waals surface area (Å²) in [5.74, 6) is -2.51. The standard InChI is InChI=1S/C12H18F2O/c13-12(14)8-6-11(15,7-9-12)10-4-2-1-3-5-10/h6,8,10,15H,1-5,7,9H2. The van der Waals surface area contributed by atoms with Crippen molar-refractivity contribution in [1.29, 1.82) is 0 Å². The number of allylic oxidation sites excluding steroid dienone is 1. The van der Waals surface area contributed by atoms with Gasteiger partial charge in [0, 0.05) is 6.42 Å². The zero-order valence-corrected chi connectivity index (χ0v) is 8.88. The van der Waals surface area contributed by atoms with E-state index in [4.69, 9.17) is 0 Å². The van der Waals surface area contributed by atoms with Crippen molar-refractivity contribution in [1.82, 2.24) is 0 Å². The normalized spacial score (nSPS) is 36.7. The summed E-state index contributed by atoms with van der Waals surface area (Å²) in [6.45, 7) is 0. The van der Waals surface area contributed by atoms with Gasteiger partial charge < -0.3 is 5.11 Å². The van der Waals surface area contributed by atoms with Crippen molar-refractivity contribution in [3.8, 4) is 0 Å². The van der Waals surface area contributed by atoms with E-state index in [1.54, 1.807) is 0 Å². The fourth-order valence-electron chi connectivity index (χ4n) is 2.74. The molecule has 0 saturated heterocycles. The van der Waals surface area contributed by atoms with Crippen LogP contribution in [0.4, 0.5) is 8.78 Å². The highest BCUT2D eigenvalue weighted by molar-refractivity contribution is 5.13. The van der Waals surface area contributed by atoms with Crippen molar-refractivity contribution < 1.29 is 13.9 Å². The Kier molecular flexibility index (Phi) is 2.84. The minimum absolute atomic E-state index is 0.193. The van der Waals surface area contributed by atoms with Gasteiger partial charge in [-0.05, 0) is 31.3 Å². The van der Waals surface area contributed by atoms with Gasteiger partial charge in [-0.25, -0.2) is 8.78 Å². The molecule has 86 valence electrons. The van der Waals surface area contributed by atoms with Crippen LogP contribution >= 0.6 is 0 Å². The molecular formula is C12H18F2O. The maximum Gasteiger partial charge on any atom is 0.266 e. The Morgan fingerprint density at radius 2 is 1.67 bits per heavy atom. The van der Waals surface area contributed by atoms with E-state index in [1.165, 1.54) is 12.5 Å². The van der Waals surface area contributed by atoms with Gasteiger partial charge in [0.2, 0.25) is 0 Å². The summed E-state index contributed by atoms with van der Waals surface area (Å²) in [5.41, 5.74) is -0.956. The van der Waals surface area contributed by atoms with Crippen molar-refractivity contribution in [2.75, 3.05) is 0 Å². The average molecular weight is 216 g/mol. The molecule has 0 heterocycles. The topological polar surface area (TPSA) is 20.2 Å². The minimum Gasteiger partial charge on any atom is -0.386 e. The third-order valence-corrected chi connectivity index (χ3v) is 3.79. The van der Waals surface area contributed by atoms with E-state index in [9.17, 15) is 13.9 Å². The van der Waals surface area contributed by atoms with Gasteiger partial charge in [-0.15, -0.1) is 0 Å². The van der Waals surface area contributed by atoms with Crippen molar-refractivity contribution in [2.45, 2.75) is 56.5 Å². The largest absolute Gasteiger partial charge is 0.386 e. The fraction of sp³-hybridized carbons (Fsp3) is 0.833. The predicted molar refractivity (Wildman–Crippen MR) is 54.8 cm³/mol. The van der Waals surface area contributed by atoms with Crippen LogP contribution in [0.3, 0.4) is 0 Å². The van der Waals surface area contributed by atoms with E-state index in [1.807, 2.05) is 0 Å². The Hall–Kier alpha value is -0.440. The summed E-state index contributed by atoms with van der Waals surface area (Å²) >= 11 is 0. The molecule has 15 heavy (non-hydrogen) atoms. The highest BCUT2D eigenvalue weighted by Crippen LogP contribution is 2.41. The van der Waals surface area contributed by atoms with Crippen molar-refractivity contribution >= 4 is 0 Å². The molecule has 0 aromatic heterocycles. The molecule has 1 atom stereocenters. The zero-order valence-electron chi connectivity index (χ0n) is 8.88. The number of rotatable bonds is 1. The smallest absolute Gasteiger partial charge is 0.266 e. The molecule has 1 nitrogen and oxygen atoms in total. The van der Waals surface area contributed by atoms with E-state index in [0.29, 0.717) is 0 Å². The van der Waals surface area contributed by atoms with Crippen molar-refractivity contribution in [3.05, 3.63) is 12.2 Å². The molecule has 0 aromatic carbocycles. The van der Waals surface area contributed by atoms with Gasteiger partial charge >= 0.3 is 0 Å². The van der Waals surface area contributed by atoms with Crippen LogP contribution in [-0.4, -0.2) is 16.6 Å².